The number of carbonyl (C=O) groups is 1. The molecule has 0 saturated heterocycles. The molecule has 0 unspecified atom stereocenters. The Balaban J connectivity index is 1.58. The lowest BCUT2D eigenvalue weighted by Gasteiger charge is -1.99. The van der Waals surface area contributed by atoms with E-state index < -0.39 is 0 Å². The zero-order chi connectivity index (χ0) is 16.1. The molecule has 5 nitrogen and oxygen atoms in total. The van der Waals surface area contributed by atoms with Gasteiger partial charge in [0, 0.05) is 24.5 Å². The third kappa shape index (κ3) is 3.88. The van der Waals surface area contributed by atoms with E-state index in [1.54, 1.807) is 18.4 Å². The molecule has 0 aliphatic rings. The number of hydrogen-bond acceptors (Lipinski definition) is 4. The largest absolute Gasteiger partial charge is 0.469 e. The van der Waals surface area contributed by atoms with E-state index in [9.17, 15) is 4.79 Å². The summed E-state index contributed by atoms with van der Waals surface area (Å²) < 4.78 is 10.4. The number of aryl methyl sites for hydroxylation is 2. The fourth-order valence-electron chi connectivity index (χ4n) is 2.27. The molecule has 0 radical (unpaired) electrons. The lowest BCUT2D eigenvalue weighted by Crippen LogP contribution is -2.11. The average Bonchev–Trinajstić information content (AvgIpc) is 3.25. The number of furan rings is 1. The summed E-state index contributed by atoms with van der Waals surface area (Å²) in [5, 5.41) is 6.70. The third-order valence-electron chi connectivity index (χ3n) is 3.61. The second-order valence-electron chi connectivity index (χ2n) is 5.25. The summed E-state index contributed by atoms with van der Waals surface area (Å²) >= 11 is 0. The molecule has 0 aliphatic carbocycles. The summed E-state index contributed by atoms with van der Waals surface area (Å²) in [7, 11) is 0. The van der Waals surface area contributed by atoms with Crippen LogP contribution in [0.5, 0.6) is 0 Å². The number of amides is 1. The third-order valence-corrected chi connectivity index (χ3v) is 3.61. The van der Waals surface area contributed by atoms with Gasteiger partial charge in [-0.1, -0.05) is 36.3 Å². The van der Waals surface area contributed by atoms with Gasteiger partial charge < -0.3 is 8.94 Å². The van der Waals surface area contributed by atoms with Crippen LogP contribution in [0.3, 0.4) is 0 Å². The Morgan fingerprint density at radius 3 is 2.74 bits per heavy atom. The van der Waals surface area contributed by atoms with Gasteiger partial charge in [0.05, 0.1) is 6.26 Å². The molecule has 3 rings (SSSR count). The Labute approximate surface area is 134 Å². The van der Waals surface area contributed by atoms with E-state index in [4.69, 9.17) is 8.94 Å². The van der Waals surface area contributed by atoms with Gasteiger partial charge in [-0.3, -0.25) is 10.1 Å². The number of hydrogen-bond donors (Lipinski definition) is 1. The van der Waals surface area contributed by atoms with E-state index in [-0.39, 0.29) is 5.91 Å². The van der Waals surface area contributed by atoms with Crippen molar-refractivity contribution in [2.24, 2.45) is 0 Å². The van der Waals surface area contributed by atoms with Gasteiger partial charge in [-0.15, -0.1) is 0 Å². The van der Waals surface area contributed by atoms with Crippen molar-refractivity contribution >= 4 is 11.8 Å². The van der Waals surface area contributed by atoms with Crippen LogP contribution in [0.4, 0.5) is 5.88 Å². The molecule has 3 aromatic rings. The molecule has 1 amide bonds. The quantitative estimate of drug-likeness (QED) is 0.745. The van der Waals surface area contributed by atoms with E-state index in [0.29, 0.717) is 24.4 Å². The summed E-state index contributed by atoms with van der Waals surface area (Å²) in [6.45, 7) is 2.11. The van der Waals surface area contributed by atoms with Crippen LogP contribution in [0.2, 0.25) is 0 Å². The summed E-state index contributed by atoms with van der Waals surface area (Å²) in [6, 6.07) is 13.5. The first kappa shape index (κ1) is 15.1. The van der Waals surface area contributed by atoms with Gasteiger partial charge in [-0.05, 0) is 24.1 Å². The molecule has 23 heavy (non-hydrogen) atoms. The smallest absolute Gasteiger partial charge is 0.231 e. The highest BCUT2D eigenvalue weighted by atomic mass is 16.5. The monoisotopic (exact) mass is 310 g/mol. The topological polar surface area (TPSA) is 68.3 Å². The van der Waals surface area contributed by atoms with Crippen LogP contribution in [0, 0.1) is 0 Å². The summed E-state index contributed by atoms with van der Waals surface area (Å²) in [4.78, 5) is 11.9. The SMILES string of the molecule is CCc1ccc(-c2cc(NC(=O)CCc3ccco3)on2)cc1. The van der Waals surface area contributed by atoms with Gasteiger partial charge >= 0.3 is 0 Å². The maximum atomic E-state index is 11.9. The number of nitrogens with one attached hydrogen (secondary N) is 1. The Kier molecular flexibility index (Phi) is 4.57. The maximum Gasteiger partial charge on any atom is 0.231 e. The summed E-state index contributed by atoms with van der Waals surface area (Å²) in [5.41, 5.74) is 2.93. The highest BCUT2D eigenvalue weighted by Crippen LogP contribution is 2.22. The van der Waals surface area contributed by atoms with Gasteiger partial charge in [0.1, 0.15) is 11.5 Å². The van der Waals surface area contributed by atoms with E-state index >= 15 is 0 Å². The van der Waals surface area contributed by atoms with Crippen molar-refractivity contribution in [3.05, 3.63) is 60.1 Å². The molecule has 0 bridgehead atoms. The van der Waals surface area contributed by atoms with Crippen molar-refractivity contribution < 1.29 is 13.7 Å². The minimum atomic E-state index is -0.134. The van der Waals surface area contributed by atoms with Gasteiger partial charge in [0.15, 0.2) is 0 Å². The second-order valence-corrected chi connectivity index (χ2v) is 5.25. The van der Waals surface area contributed by atoms with Crippen molar-refractivity contribution in [2.45, 2.75) is 26.2 Å². The van der Waals surface area contributed by atoms with Crippen LogP contribution in [0.1, 0.15) is 24.7 Å². The Bertz CT molecular complexity index is 758. The van der Waals surface area contributed by atoms with E-state index in [1.165, 1.54) is 5.56 Å². The fraction of sp³-hybridized carbons (Fsp3) is 0.222. The van der Waals surface area contributed by atoms with E-state index in [1.807, 2.05) is 18.2 Å². The van der Waals surface area contributed by atoms with Gasteiger partial charge in [0.25, 0.3) is 0 Å². The lowest BCUT2D eigenvalue weighted by molar-refractivity contribution is -0.116. The molecule has 0 aliphatic heterocycles. The van der Waals surface area contributed by atoms with Crippen LogP contribution in [0.25, 0.3) is 11.3 Å². The van der Waals surface area contributed by atoms with Crippen LogP contribution in [0.15, 0.2) is 57.7 Å². The van der Waals surface area contributed by atoms with Crippen LogP contribution < -0.4 is 5.32 Å². The Morgan fingerprint density at radius 1 is 1.22 bits per heavy atom. The van der Waals surface area contributed by atoms with Crippen molar-refractivity contribution in [1.29, 1.82) is 0 Å². The Morgan fingerprint density at radius 2 is 2.04 bits per heavy atom. The Hall–Kier alpha value is -2.82. The van der Waals surface area contributed by atoms with Gasteiger partial charge in [-0.2, -0.15) is 0 Å². The molecular formula is C18H18N2O3. The highest BCUT2D eigenvalue weighted by Gasteiger charge is 2.10. The minimum absolute atomic E-state index is 0.134. The molecule has 0 atom stereocenters. The first-order chi connectivity index (χ1) is 11.2. The molecule has 2 heterocycles. The van der Waals surface area contributed by atoms with E-state index in [2.05, 4.69) is 29.5 Å². The number of anilines is 1. The van der Waals surface area contributed by atoms with Gasteiger partial charge in [0.2, 0.25) is 11.8 Å². The number of rotatable bonds is 6. The molecular weight excluding hydrogens is 292 g/mol. The molecule has 1 N–H and O–H groups in total. The van der Waals surface area contributed by atoms with Crippen LogP contribution in [-0.4, -0.2) is 11.1 Å². The van der Waals surface area contributed by atoms with Crippen LogP contribution in [-0.2, 0) is 17.6 Å². The van der Waals surface area contributed by atoms with Crippen LogP contribution >= 0.6 is 0 Å². The van der Waals surface area contributed by atoms with Gasteiger partial charge in [-0.25, -0.2) is 0 Å². The van der Waals surface area contributed by atoms with Crippen molar-refractivity contribution in [3.8, 4) is 11.3 Å². The predicted molar refractivity (Wildman–Crippen MR) is 87.0 cm³/mol. The predicted octanol–water partition coefficient (Wildman–Crippen LogP) is 4.07. The van der Waals surface area contributed by atoms with Crippen molar-refractivity contribution in [2.75, 3.05) is 5.32 Å². The first-order valence-corrected chi connectivity index (χ1v) is 7.63. The summed E-state index contributed by atoms with van der Waals surface area (Å²) in [6.07, 6.45) is 3.48. The first-order valence-electron chi connectivity index (χ1n) is 7.63. The zero-order valence-electron chi connectivity index (χ0n) is 12.9. The molecule has 5 heteroatoms. The maximum absolute atomic E-state index is 11.9. The number of benzene rings is 1. The minimum Gasteiger partial charge on any atom is -0.469 e. The molecule has 2 aromatic heterocycles. The molecule has 118 valence electrons. The van der Waals surface area contributed by atoms with E-state index in [0.717, 1.165) is 17.7 Å². The fourth-order valence-corrected chi connectivity index (χ4v) is 2.27. The zero-order valence-corrected chi connectivity index (χ0v) is 12.9. The normalized spacial score (nSPS) is 10.7. The highest BCUT2D eigenvalue weighted by molar-refractivity contribution is 5.89. The molecule has 0 saturated carbocycles. The lowest BCUT2D eigenvalue weighted by atomic mass is 10.1. The van der Waals surface area contributed by atoms with Crippen molar-refractivity contribution in [1.82, 2.24) is 5.16 Å². The van der Waals surface area contributed by atoms with Crippen molar-refractivity contribution in [3.63, 3.8) is 0 Å². The second kappa shape index (κ2) is 6.96. The number of aromatic nitrogens is 1. The summed E-state index contributed by atoms with van der Waals surface area (Å²) in [5.74, 6) is 1.00. The number of nitrogens with zero attached hydrogens (tertiary/aromatic N) is 1. The molecule has 0 fully saturated rings. The average molecular weight is 310 g/mol. The number of carbonyl (C=O) groups excluding carboxylic acids is 1. The molecule has 0 spiro atoms. The standard InChI is InChI=1S/C18H18N2O3/c1-2-13-5-7-14(8-6-13)16-12-18(23-20-16)19-17(21)10-9-15-4-3-11-22-15/h3-8,11-12H,2,9-10H2,1H3,(H,19,21). The molecule has 1 aromatic carbocycles.